The van der Waals surface area contributed by atoms with Gasteiger partial charge in [0.2, 0.25) is 0 Å². The van der Waals surface area contributed by atoms with Crippen molar-refractivity contribution in [3.8, 4) is 0 Å². The van der Waals surface area contributed by atoms with Gasteiger partial charge in [-0.15, -0.1) is 0 Å². The number of hydrogen-bond acceptors (Lipinski definition) is 4. The molecule has 4 nitrogen and oxygen atoms in total. The Balaban J connectivity index is 2.37. The van der Waals surface area contributed by atoms with Crippen LogP contribution in [0.3, 0.4) is 0 Å². The van der Waals surface area contributed by atoms with Crippen molar-refractivity contribution in [2.75, 3.05) is 6.61 Å². The van der Waals surface area contributed by atoms with Gasteiger partial charge in [0.25, 0.3) is 0 Å². The Labute approximate surface area is 151 Å². The number of carbonyl (C=O) groups is 2. The topological polar surface area (TPSA) is 52.6 Å². The molecule has 1 unspecified atom stereocenters. The Morgan fingerprint density at radius 1 is 0.840 bits per heavy atom. The Hall–Kier alpha value is -1.84. The van der Waals surface area contributed by atoms with Gasteiger partial charge in [0.05, 0.1) is 17.7 Å². The van der Waals surface area contributed by atoms with Crippen LogP contribution in [0.5, 0.6) is 0 Å². The maximum Gasteiger partial charge on any atom is 0.338 e. The highest BCUT2D eigenvalue weighted by Gasteiger charge is 2.15. The number of benzene rings is 1. The van der Waals surface area contributed by atoms with Crippen molar-refractivity contribution < 1.29 is 19.1 Å². The Bertz CT molecular complexity index is 519. The molecule has 140 valence electrons. The van der Waals surface area contributed by atoms with Gasteiger partial charge in [0.15, 0.2) is 0 Å². The number of ether oxygens (including phenoxy) is 2. The quantitative estimate of drug-likeness (QED) is 0.396. The molecule has 0 spiro atoms. The molecular formula is C21H32O4. The van der Waals surface area contributed by atoms with Crippen LogP contribution in [0, 0.1) is 5.92 Å². The molecule has 0 bridgehead atoms. The minimum Gasteiger partial charge on any atom is -0.462 e. The van der Waals surface area contributed by atoms with Crippen LogP contribution in [0.1, 0.15) is 86.9 Å². The third kappa shape index (κ3) is 8.19. The fourth-order valence-corrected chi connectivity index (χ4v) is 2.25. The second-order valence-corrected chi connectivity index (χ2v) is 6.84. The molecule has 0 saturated carbocycles. The van der Waals surface area contributed by atoms with Gasteiger partial charge < -0.3 is 9.47 Å². The molecule has 0 amide bonds. The van der Waals surface area contributed by atoms with Gasteiger partial charge in [-0.05, 0) is 43.5 Å². The van der Waals surface area contributed by atoms with E-state index in [0.29, 0.717) is 17.7 Å². The van der Waals surface area contributed by atoms with Crippen LogP contribution in [0.25, 0.3) is 0 Å². The second kappa shape index (κ2) is 11.7. The van der Waals surface area contributed by atoms with Crippen LogP contribution >= 0.6 is 0 Å². The fraction of sp³-hybridized carbons (Fsp3) is 0.619. The summed E-state index contributed by atoms with van der Waals surface area (Å²) in [6.07, 6.45) is 6.78. The summed E-state index contributed by atoms with van der Waals surface area (Å²) in [6.45, 7) is 8.51. The van der Waals surface area contributed by atoms with Crippen LogP contribution in [-0.2, 0) is 9.47 Å². The zero-order valence-electron chi connectivity index (χ0n) is 16.0. The predicted molar refractivity (Wildman–Crippen MR) is 99.8 cm³/mol. The maximum absolute atomic E-state index is 12.0. The van der Waals surface area contributed by atoms with E-state index in [1.165, 1.54) is 25.7 Å². The van der Waals surface area contributed by atoms with Crippen LogP contribution < -0.4 is 0 Å². The average molecular weight is 348 g/mol. The minimum absolute atomic E-state index is 0.144. The Morgan fingerprint density at radius 3 is 1.92 bits per heavy atom. The molecule has 0 aliphatic heterocycles. The van der Waals surface area contributed by atoms with Gasteiger partial charge in [-0.3, -0.25) is 0 Å². The zero-order chi connectivity index (χ0) is 18.7. The lowest BCUT2D eigenvalue weighted by atomic mass is 10.1. The molecule has 0 saturated heterocycles. The molecule has 1 aromatic rings. The first kappa shape index (κ1) is 21.2. The average Bonchev–Trinajstić information content (AvgIpc) is 2.60. The summed E-state index contributed by atoms with van der Waals surface area (Å²) in [7, 11) is 0. The van der Waals surface area contributed by atoms with E-state index >= 15 is 0 Å². The summed E-state index contributed by atoms with van der Waals surface area (Å²) in [6, 6.07) is 6.44. The molecule has 1 aromatic carbocycles. The highest BCUT2D eigenvalue weighted by atomic mass is 16.5. The first-order valence-electron chi connectivity index (χ1n) is 9.43. The van der Waals surface area contributed by atoms with Gasteiger partial charge >= 0.3 is 11.9 Å². The lowest BCUT2D eigenvalue weighted by Crippen LogP contribution is -2.20. The van der Waals surface area contributed by atoms with E-state index in [9.17, 15) is 9.59 Å². The SMILES string of the molecule is CCCCCCCCOC(=O)c1ccc(C(=O)OC(C)C(C)C)cc1. The maximum atomic E-state index is 12.0. The van der Waals surface area contributed by atoms with Gasteiger partial charge in [0.1, 0.15) is 6.10 Å². The molecule has 0 radical (unpaired) electrons. The minimum atomic E-state index is -0.367. The smallest absolute Gasteiger partial charge is 0.338 e. The zero-order valence-corrected chi connectivity index (χ0v) is 16.0. The Kier molecular flexibility index (Phi) is 9.90. The second-order valence-electron chi connectivity index (χ2n) is 6.84. The third-order valence-electron chi connectivity index (χ3n) is 4.32. The van der Waals surface area contributed by atoms with E-state index in [-0.39, 0.29) is 24.0 Å². The summed E-state index contributed by atoms with van der Waals surface area (Å²) < 4.78 is 10.6. The van der Waals surface area contributed by atoms with Crippen molar-refractivity contribution in [3.63, 3.8) is 0 Å². The number of carbonyl (C=O) groups excluding carboxylic acids is 2. The number of esters is 2. The van der Waals surface area contributed by atoms with E-state index in [0.717, 1.165) is 12.8 Å². The van der Waals surface area contributed by atoms with Gasteiger partial charge in [0, 0.05) is 0 Å². The monoisotopic (exact) mass is 348 g/mol. The molecule has 0 aromatic heterocycles. The number of unbranched alkanes of at least 4 members (excludes halogenated alkanes) is 5. The molecule has 1 rings (SSSR count). The van der Waals surface area contributed by atoms with Crippen molar-refractivity contribution in [2.45, 2.75) is 72.3 Å². The highest BCUT2D eigenvalue weighted by molar-refractivity contribution is 5.93. The molecule has 0 aliphatic carbocycles. The van der Waals surface area contributed by atoms with E-state index in [1.807, 2.05) is 20.8 Å². The van der Waals surface area contributed by atoms with Crippen molar-refractivity contribution in [2.24, 2.45) is 5.92 Å². The normalized spacial score (nSPS) is 12.0. The van der Waals surface area contributed by atoms with Crippen LogP contribution in [0.2, 0.25) is 0 Å². The molecule has 0 heterocycles. The highest BCUT2D eigenvalue weighted by Crippen LogP contribution is 2.12. The van der Waals surface area contributed by atoms with E-state index in [4.69, 9.17) is 9.47 Å². The third-order valence-corrected chi connectivity index (χ3v) is 4.32. The molecule has 0 aliphatic rings. The molecular weight excluding hydrogens is 316 g/mol. The summed E-state index contributed by atoms with van der Waals surface area (Å²) >= 11 is 0. The van der Waals surface area contributed by atoms with Gasteiger partial charge in [-0.1, -0.05) is 52.9 Å². The largest absolute Gasteiger partial charge is 0.462 e. The van der Waals surface area contributed by atoms with Crippen molar-refractivity contribution in [1.82, 2.24) is 0 Å². The first-order valence-corrected chi connectivity index (χ1v) is 9.43. The summed E-state index contributed by atoms with van der Waals surface area (Å²) in [4.78, 5) is 24.0. The number of hydrogen-bond donors (Lipinski definition) is 0. The van der Waals surface area contributed by atoms with Crippen molar-refractivity contribution >= 4 is 11.9 Å². The van der Waals surface area contributed by atoms with Gasteiger partial charge in [-0.2, -0.15) is 0 Å². The lowest BCUT2D eigenvalue weighted by Gasteiger charge is -2.16. The standard InChI is InChI=1S/C21H32O4/c1-5-6-7-8-9-10-15-24-20(22)18-11-13-19(14-12-18)21(23)25-17(4)16(2)3/h11-14,16-17H,5-10,15H2,1-4H3. The predicted octanol–water partition coefficient (Wildman–Crippen LogP) is 5.41. The van der Waals surface area contributed by atoms with Crippen LogP contribution in [0.4, 0.5) is 0 Å². The van der Waals surface area contributed by atoms with Gasteiger partial charge in [-0.25, -0.2) is 9.59 Å². The summed E-state index contributed by atoms with van der Waals surface area (Å²) in [5, 5.41) is 0. The van der Waals surface area contributed by atoms with Crippen LogP contribution in [0.15, 0.2) is 24.3 Å². The molecule has 4 heteroatoms. The fourth-order valence-electron chi connectivity index (χ4n) is 2.25. The van der Waals surface area contributed by atoms with Crippen LogP contribution in [-0.4, -0.2) is 24.6 Å². The summed E-state index contributed by atoms with van der Waals surface area (Å²) in [5.41, 5.74) is 0.902. The van der Waals surface area contributed by atoms with E-state index in [1.54, 1.807) is 24.3 Å². The molecule has 0 N–H and O–H groups in total. The lowest BCUT2D eigenvalue weighted by molar-refractivity contribution is 0.0237. The van der Waals surface area contributed by atoms with Crippen molar-refractivity contribution in [1.29, 1.82) is 0 Å². The Morgan fingerprint density at radius 2 is 1.36 bits per heavy atom. The van der Waals surface area contributed by atoms with E-state index in [2.05, 4.69) is 6.92 Å². The van der Waals surface area contributed by atoms with E-state index < -0.39 is 0 Å². The molecule has 25 heavy (non-hydrogen) atoms. The number of rotatable bonds is 11. The summed E-state index contributed by atoms with van der Waals surface area (Å²) in [5.74, 6) is -0.447. The first-order chi connectivity index (χ1) is 12.0. The molecule has 0 fully saturated rings. The van der Waals surface area contributed by atoms with Crippen molar-refractivity contribution in [3.05, 3.63) is 35.4 Å². The molecule has 1 atom stereocenters.